The number of hydrogen-bond donors (Lipinski definition) is 1. The first-order valence-electron chi connectivity index (χ1n) is 10.6. The van der Waals surface area contributed by atoms with E-state index in [1.807, 2.05) is 6.92 Å². The Bertz CT molecular complexity index is 1340. The Morgan fingerprint density at radius 1 is 1.26 bits per heavy atom. The first-order valence-corrected chi connectivity index (χ1v) is 12.1. The molecule has 31 heavy (non-hydrogen) atoms. The molecule has 9 nitrogen and oxygen atoms in total. The second-order valence-electron chi connectivity index (χ2n) is 9.42. The number of hydrogen-bond acceptors (Lipinski definition) is 6. The predicted molar refractivity (Wildman–Crippen MR) is 114 cm³/mol. The zero-order valence-corrected chi connectivity index (χ0v) is 18.4. The maximum Gasteiger partial charge on any atom is 0.331 e. The number of nitriles is 1. The molecule has 0 radical (unpaired) electrons. The zero-order chi connectivity index (χ0) is 22.1. The molecule has 1 aromatic carbocycles. The van der Waals surface area contributed by atoms with Gasteiger partial charge in [-0.25, -0.2) is 17.9 Å². The molecule has 2 aliphatic carbocycles. The molecule has 1 aromatic heterocycles. The number of likely N-dealkylation sites (tertiary alicyclic amines) is 1. The Morgan fingerprint density at radius 2 is 1.97 bits per heavy atom. The van der Waals surface area contributed by atoms with Crippen LogP contribution >= 0.6 is 0 Å². The van der Waals surface area contributed by atoms with Gasteiger partial charge >= 0.3 is 5.69 Å². The van der Waals surface area contributed by atoms with Crippen molar-refractivity contribution in [1.29, 1.82) is 5.26 Å². The average Bonchev–Trinajstić information content (AvgIpc) is 3.65. The van der Waals surface area contributed by atoms with Crippen molar-refractivity contribution in [3.05, 3.63) is 39.0 Å². The van der Waals surface area contributed by atoms with Gasteiger partial charge in [-0.2, -0.15) is 5.26 Å². The summed E-state index contributed by atoms with van der Waals surface area (Å²) in [5.74, 6) is 0.390. The molecule has 1 aliphatic heterocycles. The van der Waals surface area contributed by atoms with Crippen LogP contribution in [0.5, 0.6) is 0 Å². The molecule has 164 valence electrons. The molecular formula is C21H25N5O4S. The van der Waals surface area contributed by atoms with Crippen LogP contribution in [0.2, 0.25) is 0 Å². The summed E-state index contributed by atoms with van der Waals surface area (Å²) in [7, 11) is -3.78. The summed E-state index contributed by atoms with van der Waals surface area (Å²) in [6, 6.07) is 3.73. The Labute approximate surface area is 179 Å². The third-order valence-corrected chi connectivity index (χ3v) is 8.50. The van der Waals surface area contributed by atoms with Gasteiger partial charge < -0.3 is 4.90 Å². The van der Waals surface area contributed by atoms with Crippen molar-refractivity contribution in [3.63, 3.8) is 0 Å². The van der Waals surface area contributed by atoms with E-state index >= 15 is 0 Å². The van der Waals surface area contributed by atoms with Gasteiger partial charge in [0.25, 0.3) is 5.56 Å². The minimum atomic E-state index is -3.78. The summed E-state index contributed by atoms with van der Waals surface area (Å²) in [5, 5.41) is 9.38. The molecule has 5 rings (SSSR count). The molecule has 2 saturated carbocycles. The molecule has 3 fully saturated rings. The number of aromatic nitrogens is 2. The fourth-order valence-corrected chi connectivity index (χ4v) is 5.75. The van der Waals surface area contributed by atoms with E-state index in [4.69, 9.17) is 5.26 Å². The highest BCUT2D eigenvalue weighted by molar-refractivity contribution is 7.89. The largest absolute Gasteiger partial charge is 0.331 e. The first kappa shape index (κ1) is 20.3. The van der Waals surface area contributed by atoms with Crippen molar-refractivity contribution in [2.24, 2.45) is 5.92 Å². The second kappa shape index (κ2) is 6.68. The summed E-state index contributed by atoms with van der Waals surface area (Å²) in [4.78, 5) is 28.2. The lowest BCUT2D eigenvalue weighted by Gasteiger charge is -2.43. The monoisotopic (exact) mass is 443 g/mol. The van der Waals surface area contributed by atoms with Crippen LogP contribution in [0.25, 0.3) is 10.9 Å². The van der Waals surface area contributed by atoms with Crippen molar-refractivity contribution >= 4 is 20.9 Å². The van der Waals surface area contributed by atoms with Gasteiger partial charge in [0.05, 0.1) is 34.4 Å². The molecule has 1 N–H and O–H groups in total. The first-order chi connectivity index (χ1) is 14.6. The zero-order valence-electron chi connectivity index (χ0n) is 17.5. The smallest absolute Gasteiger partial charge is 0.304 e. The SMILES string of the molecule is C[C@H]1[C@@H](n2c(=O)c3cc(S(=O)(=O)NC4(C)CC4)ccc3n(CC3CC3)c2=O)CN1C#N. The van der Waals surface area contributed by atoms with E-state index in [1.54, 1.807) is 17.6 Å². The lowest BCUT2D eigenvalue weighted by Crippen LogP contribution is -2.58. The van der Waals surface area contributed by atoms with Gasteiger partial charge in [0, 0.05) is 12.1 Å². The van der Waals surface area contributed by atoms with Crippen molar-refractivity contribution < 1.29 is 8.42 Å². The van der Waals surface area contributed by atoms with Crippen LogP contribution < -0.4 is 16.0 Å². The van der Waals surface area contributed by atoms with Gasteiger partial charge in [0.2, 0.25) is 10.0 Å². The van der Waals surface area contributed by atoms with Gasteiger partial charge in [-0.15, -0.1) is 0 Å². The molecule has 0 amide bonds. The van der Waals surface area contributed by atoms with Crippen LogP contribution in [0.15, 0.2) is 32.7 Å². The van der Waals surface area contributed by atoms with E-state index in [0.29, 0.717) is 24.5 Å². The van der Waals surface area contributed by atoms with Crippen LogP contribution in [-0.4, -0.2) is 40.6 Å². The molecule has 0 spiro atoms. The van der Waals surface area contributed by atoms with E-state index in [1.165, 1.54) is 21.6 Å². The summed E-state index contributed by atoms with van der Waals surface area (Å²) in [5.41, 5.74) is -0.867. The number of fused-ring (bicyclic) bond motifs is 1. The third kappa shape index (κ3) is 3.36. The van der Waals surface area contributed by atoms with Gasteiger partial charge in [0.1, 0.15) is 0 Å². The van der Waals surface area contributed by atoms with E-state index in [-0.39, 0.29) is 16.3 Å². The fraction of sp³-hybridized carbons (Fsp3) is 0.571. The lowest BCUT2D eigenvalue weighted by molar-refractivity contribution is 0.0882. The molecule has 2 aromatic rings. The van der Waals surface area contributed by atoms with Crippen LogP contribution in [-0.2, 0) is 16.6 Å². The van der Waals surface area contributed by atoms with E-state index in [0.717, 1.165) is 25.7 Å². The maximum atomic E-state index is 13.4. The summed E-state index contributed by atoms with van der Waals surface area (Å²) in [6.07, 6.45) is 5.69. The highest BCUT2D eigenvalue weighted by Gasteiger charge is 2.42. The minimum Gasteiger partial charge on any atom is -0.304 e. The van der Waals surface area contributed by atoms with Crippen LogP contribution in [0.4, 0.5) is 0 Å². The third-order valence-electron chi connectivity index (χ3n) is 6.87. The summed E-state index contributed by atoms with van der Waals surface area (Å²) in [6.45, 7) is 4.45. The number of sulfonamides is 1. The van der Waals surface area contributed by atoms with E-state index in [2.05, 4.69) is 10.9 Å². The van der Waals surface area contributed by atoms with Gasteiger partial charge in [-0.1, -0.05) is 0 Å². The van der Waals surface area contributed by atoms with E-state index in [9.17, 15) is 18.0 Å². The van der Waals surface area contributed by atoms with Crippen molar-refractivity contribution in [2.45, 2.75) is 68.6 Å². The van der Waals surface area contributed by atoms with Crippen molar-refractivity contribution in [2.75, 3.05) is 6.54 Å². The average molecular weight is 444 g/mol. The van der Waals surface area contributed by atoms with Crippen molar-refractivity contribution in [3.8, 4) is 6.19 Å². The number of nitrogens with zero attached hydrogens (tertiary/aromatic N) is 4. The Kier molecular flexibility index (Phi) is 4.37. The minimum absolute atomic E-state index is 0.0219. The van der Waals surface area contributed by atoms with Gasteiger partial charge in [0.15, 0.2) is 6.19 Å². The molecule has 2 atom stereocenters. The normalized spacial score (nSPS) is 24.6. The molecule has 0 unspecified atom stereocenters. The number of benzene rings is 1. The molecule has 3 aliphatic rings. The standard InChI is InChI=1S/C21H25N5O4S/c1-13-18(11-24(13)12-22)26-19(27)16-9-15(31(29,30)23-21(2)7-8-21)5-6-17(16)25(20(26)28)10-14-3-4-14/h5-6,9,13-14,18,23H,3-4,7-8,10-11H2,1-2H3/t13-,18-/m0/s1. The van der Waals surface area contributed by atoms with Crippen LogP contribution in [0.1, 0.15) is 45.6 Å². The Hall–Kier alpha value is -2.64. The molecule has 2 heterocycles. The molecular weight excluding hydrogens is 418 g/mol. The van der Waals surface area contributed by atoms with Crippen molar-refractivity contribution in [1.82, 2.24) is 18.8 Å². The Morgan fingerprint density at radius 3 is 2.55 bits per heavy atom. The highest BCUT2D eigenvalue weighted by Crippen LogP contribution is 2.36. The lowest BCUT2D eigenvalue weighted by atomic mass is 9.99. The topological polar surface area (TPSA) is 117 Å². The Balaban J connectivity index is 1.67. The van der Waals surface area contributed by atoms with Gasteiger partial charge in [-0.3, -0.25) is 13.9 Å². The molecule has 0 bridgehead atoms. The van der Waals surface area contributed by atoms with Crippen LogP contribution in [0, 0.1) is 17.4 Å². The number of rotatable bonds is 6. The molecule has 10 heteroatoms. The fourth-order valence-electron chi connectivity index (χ4n) is 4.26. The predicted octanol–water partition coefficient (Wildman–Crippen LogP) is 1.13. The van der Waals surface area contributed by atoms with Gasteiger partial charge in [-0.05, 0) is 63.6 Å². The second-order valence-corrected chi connectivity index (χ2v) is 11.1. The quantitative estimate of drug-likeness (QED) is 0.669. The summed E-state index contributed by atoms with van der Waals surface area (Å²) < 4.78 is 31.3. The van der Waals surface area contributed by atoms with Crippen LogP contribution in [0.3, 0.4) is 0 Å². The maximum absolute atomic E-state index is 13.4. The van der Waals surface area contributed by atoms with E-state index < -0.39 is 32.9 Å². The summed E-state index contributed by atoms with van der Waals surface area (Å²) >= 11 is 0. The number of nitrogens with one attached hydrogen (secondary N) is 1. The molecule has 1 saturated heterocycles. The highest BCUT2D eigenvalue weighted by atomic mass is 32.2.